The largest absolute Gasteiger partial charge is 0.497 e. The van der Waals surface area contributed by atoms with Gasteiger partial charge in [0.15, 0.2) is 0 Å². The van der Waals surface area contributed by atoms with Crippen LogP contribution in [0.4, 0.5) is 4.79 Å². The summed E-state index contributed by atoms with van der Waals surface area (Å²) < 4.78 is 10.3. The quantitative estimate of drug-likeness (QED) is 0.812. The maximum absolute atomic E-state index is 11.3. The lowest BCUT2D eigenvalue weighted by atomic mass is 10.00. The maximum Gasteiger partial charge on any atom is 0.408 e. The van der Waals surface area contributed by atoms with Crippen molar-refractivity contribution in [3.8, 4) is 5.75 Å². The molecule has 1 N–H and O–H groups in total. The summed E-state index contributed by atoms with van der Waals surface area (Å²) in [5, 5.41) is 2.79. The second-order valence-electron chi connectivity index (χ2n) is 3.87. The number of carbonyl (C=O) groups excluding carboxylic acids is 1. The smallest absolute Gasteiger partial charge is 0.408 e. The van der Waals surface area contributed by atoms with Gasteiger partial charge in [-0.15, -0.1) is 6.58 Å². The van der Waals surface area contributed by atoms with Gasteiger partial charge < -0.3 is 14.8 Å². The van der Waals surface area contributed by atoms with Crippen LogP contribution in [0.15, 0.2) is 36.9 Å². The van der Waals surface area contributed by atoms with Crippen LogP contribution in [0.1, 0.15) is 18.0 Å². The Bertz CT molecular complexity index is 430. The van der Waals surface area contributed by atoms with Crippen molar-refractivity contribution < 1.29 is 14.3 Å². The molecule has 4 nitrogen and oxygen atoms in total. The zero-order valence-electron chi connectivity index (χ0n) is 9.68. The van der Waals surface area contributed by atoms with Gasteiger partial charge in [0.2, 0.25) is 0 Å². The van der Waals surface area contributed by atoms with Gasteiger partial charge in [-0.3, -0.25) is 0 Å². The van der Waals surface area contributed by atoms with Crippen LogP contribution in [-0.2, 0) is 4.74 Å². The fraction of sp³-hybridized carbons (Fsp3) is 0.308. The first-order chi connectivity index (χ1) is 8.24. The molecular weight excluding hydrogens is 218 g/mol. The third kappa shape index (κ3) is 2.41. The highest BCUT2D eigenvalue weighted by Gasteiger charge is 2.34. The van der Waals surface area contributed by atoms with Crippen molar-refractivity contribution >= 4 is 6.09 Å². The third-order valence-electron chi connectivity index (χ3n) is 2.76. The molecule has 0 unspecified atom stereocenters. The molecule has 2 atom stereocenters. The summed E-state index contributed by atoms with van der Waals surface area (Å²) in [6, 6.07) is 7.46. The van der Waals surface area contributed by atoms with Gasteiger partial charge in [0, 0.05) is 6.42 Å². The van der Waals surface area contributed by atoms with Crippen LogP contribution in [0, 0.1) is 0 Å². The Hall–Kier alpha value is -1.97. The molecule has 0 bridgehead atoms. The van der Waals surface area contributed by atoms with E-state index in [9.17, 15) is 4.79 Å². The number of nitrogens with one attached hydrogen (secondary N) is 1. The molecule has 1 aliphatic rings. The zero-order chi connectivity index (χ0) is 12.3. The number of amides is 1. The van der Waals surface area contributed by atoms with Crippen LogP contribution < -0.4 is 10.1 Å². The average Bonchev–Trinajstić information content (AvgIpc) is 2.71. The molecule has 1 saturated heterocycles. The van der Waals surface area contributed by atoms with E-state index in [-0.39, 0.29) is 18.2 Å². The number of carbonyl (C=O) groups is 1. The van der Waals surface area contributed by atoms with E-state index in [0.717, 1.165) is 11.3 Å². The van der Waals surface area contributed by atoms with Crippen molar-refractivity contribution in [2.45, 2.75) is 18.6 Å². The van der Waals surface area contributed by atoms with E-state index in [1.165, 1.54) is 0 Å². The van der Waals surface area contributed by atoms with Crippen LogP contribution in [0.3, 0.4) is 0 Å². The highest BCUT2D eigenvalue weighted by molar-refractivity contribution is 5.70. The molecule has 1 aromatic rings. The highest BCUT2D eigenvalue weighted by Crippen LogP contribution is 2.29. The Morgan fingerprint density at radius 2 is 2.41 bits per heavy atom. The van der Waals surface area contributed by atoms with Crippen LogP contribution in [0.25, 0.3) is 0 Å². The van der Waals surface area contributed by atoms with Gasteiger partial charge in [0.25, 0.3) is 0 Å². The van der Waals surface area contributed by atoms with E-state index in [0.29, 0.717) is 6.42 Å². The molecule has 4 heteroatoms. The Morgan fingerprint density at radius 3 is 3.12 bits per heavy atom. The summed E-state index contributed by atoms with van der Waals surface area (Å²) >= 11 is 0. The van der Waals surface area contributed by atoms with Crippen molar-refractivity contribution in [1.82, 2.24) is 5.32 Å². The van der Waals surface area contributed by atoms with Crippen LogP contribution >= 0.6 is 0 Å². The number of methoxy groups -OCH3 is 1. The fourth-order valence-electron chi connectivity index (χ4n) is 1.94. The van der Waals surface area contributed by atoms with Crippen molar-refractivity contribution in [3.63, 3.8) is 0 Å². The zero-order valence-corrected chi connectivity index (χ0v) is 9.68. The minimum absolute atomic E-state index is 0.143. The van der Waals surface area contributed by atoms with Gasteiger partial charge in [-0.1, -0.05) is 18.2 Å². The Balaban J connectivity index is 2.24. The Morgan fingerprint density at radius 1 is 1.59 bits per heavy atom. The van der Waals surface area contributed by atoms with Gasteiger partial charge in [0.05, 0.1) is 13.2 Å². The maximum atomic E-state index is 11.3. The Kier molecular flexibility index (Phi) is 3.32. The topological polar surface area (TPSA) is 47.6 Å². The van der Waals surface area contributed by atoms with E-state index < -0.39 is 0 Å². The van der Waals surface area contributed by atoms with E-state index in [2.05, 4.69) is 11.9 Å². The fourth-order valence-corrected chi connectivity index (χ4v) is 1.94. The first-order valence-corrected chi connectivity index (χ1v) is 5.46. The van der Waals surface area contributed by atoms with Gasteiger partial charge in [-0.05, 0) is 17.7 Å². The number of hydrogen-bond donors (Lipinski definition) is 1. The molecule has 0 radical (unpaired) electrons. The van der Waals surface area contributed by atoms with Gasteiger partial charge in [-0.25, -0.2) is 4.79 Å². The van der Waals surface area contributed by atoms with Gasteiger partial charge in [0.1, 0.15) is 11.9 Å². The summed E-state index contributed by atoms with van der Waals surface area (Å²) in [6.07, 6.45) is 1.79. The Labute approximate surface area is 100 Å². The van der Waals surface area contributed by atoms with E-state index >= 15 is 0 Å². The van der Waals surface area contributed by atoms with E-state index in [4.69, 9.17) is 9.47 Å². The number of benzene rings is 1. The lowest BCUT2D eigenvalue weighted by Crippen LogP contribution is -2.22. The number of rotatable bonds is 4. The van der Waals surface area contributed by atoms with Crippen LogP contribution in [0.2, 0.25) is 0 Å². The number of alkyl carbamates (subject to hydrolysis) is 1. The summed E-state index contributed by atoms with van der Waals surface area (Å²) in [7, 11) is 1.62. The number of ether oxygens (including phenoxy) is 2. The minimum Gasteiger partial charge on any atom is -0.497 e. The SMILES string of the molecule is C=CC[C@@H]1OC(=O)N[C@H]1c1cccc(OC)c1. The summed E-state index contributed by atoms with van der Waals surface area (Å²) in [6.45, 7) is 3.67. The minimum atomic E-state index is -0.385. The van der Waals surface area contributed by atoms with E-state index in [1.807, 2.05) is 24.3 Å². The molecule has 0 saturated carbocycles. The first-order valence-electron chi connectivity index (χ1n) is 5.46. The molecule has 1 heterocycles. The summed E-state index contributed by atoms with van der Waals surface area (Å²) in [4.78, 5) is 11.3. The molecule has 90 valence electrons. The second kappa shape index (κ2) is 4.91. The normalized spacial score (nSPS) is 22.8. The van der Waals surface area contributed by atoms with Crippen molar-refractivity contribution in [2.75, 3.05) is 7.11 Å². The summed E-state index contributed by atoms with van der Waals surface area (Å²) in [5.41, 5.74) is 0.974. The molecule has 0 spiro atoms. The molecule has 1 amide bonds. The lowest BCUT2D eigenvalue weighted by Gasteiger charge is -2.16. The highest BCUT2D eigenvalue weighted by atomic mass is 16.6. The van der Waals surface area contributed by atoms with Crippen LogP contribution in [-0.4, -0.2) is 19.3 Å². The van der Waals surface area contributed by atoms with Gasteiger partial charge in [-0.2, -0.15) is 0 Å². The van der Waals surface area contributed by atoms with Crippen molar-refractivity contribution in [2.24, 2.45) is 0 Å². The molecular formula is C13H15NO3. The third-order valence-corrected chi connectivity index (χ3v) is 2.76. The predicted molar refractivity (Wildman–Crippen MR) is 64.0 cm³/mol. The molecule has 17 heavy (non-hydrogen) atoms. The molecule has 0 aromatic heterocycles. The van der Waals surface area contributed by atoms with Crippen molar-refractivity contribution in [3.05, 3.63) is 42.5 Å². The van der Waals surface area contributed by atoms with Gasteiger partial charge >= 0.3 is 6.09 Å². The summed E-state index contributed by atoms with van der Waals surface area (Å²) in [5.74, 6) is 0.765. The molecule has 0 aliphatic carbocycles. The first kappa shape index (κ1) is 11.5. The molecule has 1 aliphatic heterocycles. The van der Waals surface area contributed by atoms with Crippen LogP contribution in [0.5, 0.6) is 5.75 Å². The number of hydrogen-bond acceptors (Lipinski definition) is 3. The van der Waals surface area contributed by atoms with Crippen molar-refractivity contribution in [1.29, 1.82) is 0 Å². The monoisotopic (exact) mass is 233 g/mol. The average molecular weight is 233 g/mol. The van der Waals surface area contributed by atoms with E-state index in [1.54, 1.807) is 13.2 Å². The molecule has 1 aromatic carbocycles. The predicted octanol–water partition coefficient (Wildman–Crippen LogP) is 2.42. The second-order valence-corrected chi connectivity index (χ2v) is 3.87. The molecule has 2 rings (SSSR count). The molecule has 1 fully saturated rings. The lowest BCUT2D eigenvalue weighted by molar-refractivity contribution is 0.133. The standard InChI is InChI=1S/C13H15NO3/c1-3-5-11-12(14-13(15)17-11)9-6-4-7-10(8-9)16-2/h3-4,6-8,11-12H,1,5H2,2H3,(H,14,15)/t11-,12-/m0/s1. The number of cyclic esters (lactones) is 1.